The summed E-state index contributed by atoms with van der Waals surface area (Å²) in [6, 6.07) is 9.40. The first-order chi connectivity index (χ1) is 17.3. The maximum atomic E-state index is 12.8. The Balaban J connectivity index is 1.72. The average molecular weight is 516 g/mol. The van der Waals surface area contributed by atoms with Gasteiger partial charge in [0, 0.05) is 0 Å². The van der Waals surface area contributed by atoms with Crippen LogP contribution in [0, 0.1) is 6.92 Å². The molecule has 2 aromatic heterocycles. The van der Waals surface area contributed by atoms with Crippen LogP contribution in [0.1, 0.15) is 66.1 Å². The number of furan rings is 1. The lowest BCUT2D eigenvalue weighted by Gasteiger charge is -2.06. The average Bonchev–Trinajstić information content (AvgIpc) is 3.47. The molecule has 0 saturated carbocycles. The van der Waals surface area contributed by atoms with Gasteiger partial charge in [-0.3, -0.25) is 4.79 Å². The number of thiophene rings is 1. The molecule has 0 bridgehead atoms. The number of rotatable bonds is 10. The molecule has 2 heterocycles. The highest BCUT2D eigenvalue weighted by molar-refractivity contribution is 7.18. The molecule has 1 N–H and O–H groups in total. The minimum Gasteiger partial charge on any atom is -0.486 e. The third-order valence-corrected chi connectivity index (χ3v) is 6.04. The van der Waals surface area contributed by atoms with Crippen molar-refractivity contribution in [3.8, 4) is 5.75 Å². The van der Waals surface area contributed by atoms with Crippen LogP contribution in [0.3, 0.4) is 0 Å². The number of anilines is 1. The van der Waals surface area contributed by atoms with E-state index in [0.29, 0.717) is 22.6 Å². The van der Waals surface area contributed by atoms with E-state index in [0.717, 1.165) is 11.3 Å². The number of carbonyl (C=O) groups is 4. The lowest BCUT2D eigenvalue weighted by Crippen LogP contribution is -2.14. The molecule has 0 aliphatic carbocycles. The number of esters is 3. The molecule has 3 rings (SSSR count). The van der Waals surface area contributed by atoms with Crippen LogP contribution in [0.5, 0.6) is 5.75 Å². The molecule has 0 aliphatic rings. The number of amides is 1. The standard InChI is InChI=1S/C25H25NO9S/c1-5-32-24(29)19-14(3)20(25(30)33-6-2)36-22(19)26-21(27)18-12-11-17(35-18)13-34-16-9-7-15(8-10-16)23(28)31-4/h7-12H,5-6,13H2,1-4H3,(H,26,27). The second-order valence-corrected chi connectivity index (χ2v) is 8.25. The number of nitrogens with one attached hydrogen (secondary N) is 1. The summed E-state index contributed by atoms with van der Waals surface area (Å²) >= 11 is 0.924. The van der Waals surface area contributed by atoms with Crippen LogP contribution in [-0.2, 0) is 20.8 Å². The van der Waals surface area contributed by atoms with Gasteiger partial charge in [0.25, 0.3) is 5.91 Å². The molecule has 36 heavy (non-hydrogen) atoms. The van der Waals surface area contributed by atoms with Crippen LogP contribution in [0.2, 0.25) is 0 Å². The molecule has 0 atom stereocenters. The van der Waals surface area contributed by atoms with Crippen molar-refractivity contribution in [2.45, 2.75) is 27.4 Å². The molecule has 0 saturated heterocycles. The van der Waals surface area contributed by atoms with Gasteiger partial charge in [-0.15, -0.1) is 11.3 Å². The first-order valence-corrected chi connectivity index (χ1v) is 11.8. The molecule has 1 amide bonds. The van der Waals surface area contributed by atoms with Crippen LogP contribution < -0.4 is 10.1 Å². The molecule has 0 spiro atoms. The molecular formula is C25H25NO9S. The van der Waals surface area contributed by atoms with Gasteiger partial charge < -0.3 is 28.7 Å². The van der Waals surface area contributed by atoms with Gasteiger partial charge in [0.15, 0.2) is 5.76 Å². The number of hydrogen-bond donors (Lipinski definition) is 1. The molecule has 1 aromatic carbocycles. The van der Waals surface area contributed by atoms with E-state index in [-0.39, 0.29) is 41.0 Å². The van der Waals surface area contributed by atoms with Gasteiger partial charge in [-0.2, -0.15) is 0 Å². The Labute approximate surface area is 211 Å². The normalized spacial score (nSPS) is 10.4. The van der Waals surface area contributed by atoms with Crippen molar-refractivity contribution in [3.63, 3.8) is 0 Å². The van der Waals surface area contributed by atoms with Crippen molar-refractivity contribution in [2.75, 3.05) is 25.6 Å². The minimum atomic E-state index is -0.663. The van der Waals surface area contributed by atoms with Gasteiger partial charge >= 0.3 is 17.9 Å². The molecule has 0 radical (unpaired) electrons. The van der Waals surface area contributed by atoms with Gasteiger partial charge in [-0.05, 0) is 62.7 Å². The number of ether oxygens (including phenoxy) is 4. The fourth-order valence-electron chi connectivity index (χ4n) is 3.14. The first kappa shape index (κ1) is 26.5. The van der Waals surface area contributed by atoms with E-state index in [1.54, 1.807) is 51.1 Å². The molecule has 10 nitrogen and oxygen atoms in total. The predicted molar refractivity (Wildman–Crippen MR) is 130 cm³/mol. The van der Waals surface area contributed by atoms with Gasteiger partial charge in [0.05, 0.1) is 31.5 Å². The Hall–Kier alpha value is -4.12. The van der Waals surface area contributed by atoms with Crippen LogP contribution >= 0.6 is 11.3 Å². The van der Waals surface area contributed by atoms with E-state index >= 15 is 0 Å². The fraction of sp³-hybridized carbons (Fsp3) is 0.280. The van der Waals surface area contributed by atoms with Crippen molar-refractivity contribution >= 4 is 40.2 Å². The second-order valence-electron chi connectivity index (χ2n) is 7.23. The molecule has 11 heteroatoms. The minimum absolute atomic E-state index is 0.0202. The van der Waals surface area contributed by atoms with Crippen molar-refractivity contribution in [3.05, 3.63) is 69.5 Å². The zero-order valence-electron chi connectivity index (χ0n) is 20.2. The van der Waals surface area contributed by atoms with E-state index in [9.17, 15) is 19.2 Å². The Morgan fingerprint density at radius 2 is 1.58 bits per heavy atom. The topological polar surface area (TPSA) is 130 Å². The Kier molecular flexibility index (Phi) is 8.85. The van der Waals surface area contributed by atoms with Crippen molar-refractivity contribution in [1.82, 2.24) is 0 Å². The smallest absolute Gasteiger partial charge is 0.348 e. The zero-order valence-corrected chi connectivity index (χ0v) is 21.0. The summed E-state index contributed by atoms with van der Waals surface area (Å²) in [5, 5.41) is 2.78. The zero-order chi connectivity index (χ0) is 26.2. The van der Waals surface area contributed by atoms with Crippen molar-refractivity contribution < 1.29 is 42.5 Å². The summed E-state index contributed by atoms with van der Waals surface area (Å²) in [5.41, 5.74) is 0.835. The van der Waals surface area contributed by atoms with Gasteiger partial charge in [-0.1, -0.05) is 0 Å². The summed E-state index contributed by atoms with van der Waals surface area (Å²) in [5.74, 6) is -1.49. The van der Waals surface area contributed by atoms with E-state index in [1.807, 2.05) is 0 Å². The molecule has 0 unspecified atom stereocenters. The van der Waals surface area contributed by atoms with E-state index in [1.165, 1.54) is 13.2 Å². The number of benzene rings is 1. The third-order valence-electron chi connectivity index (χ3n) is 4.86. The van der Waals surface area contributed by atoms with Crippen LogP contribution in [-0.4, -0.2) is 44.1 Å². The van der Waals surface area contributed by atoms with Gasteiger partial charge in [0.2, 0.25) is 0 Å². The molecular weight excluding hydrogens is 490 g/mol. The quantitative estimate of drug-likeness (QED) is 0.303. The molecule has 190 valence electrons. The van der Waals surface area contributed by atoms with E-state index in [4.69, 9.17) is 18.6 Å². The largest absolute Gasteiger partial charge is 0.486 e. The molecule has 0 aliphatic heterocycles. The number of hydrogen-bond acceptors (Lipinski definition) is 10. The molecule has 3 aromatic rings. The monoisotopic (exact) mass is 515 g/mol. The maximum Gasteiger partial charge on any atom is 0.348 e. The lowest BCUT2D eigenvalue weighted by molar-refractivity contribution is 0.0526. The number of methoxy groups -OCH3 is 1. The number of carbonyl (C=O) groups excluding carboxylic acids is 4. The summed E-state index contributed by atoms with van der Waals surface area (Å²) in [6.45, 7) is 5.24. The van der Waals surface area contributed by atoms with E-state index in [2.05, 4.69) is 10.1 Å². The summed E-state index contributed by atoms with van der Waals surface area (Å²) < 4.78 is 26.0. The summed E-state index contributed by atoms with van der Waals surface area (Å²) in [6.07, 6.45) is 0. The SMILES string of the molecule is CCOC(=O)c1sc(NC(=O)c2ccc(COc3ccc(C(=O)OC)cc3)o2)c(C(=O)OCC)c1C. The summed E-state index contributed by atoms with van der Waals surface area (Å²) in [7, 11) is 1.30. The van der Waals surface area contributed by atoms with Crippen LogP contribution in [0.15, 0.2) is 40.8 Å². The highest BCUT2D eigenvalue weighted by atomic mass is 32.1. The Morgan fingerprint density at radius 3 is 2.22 bits per heavy atom. The van der Waals surface area contributed by atoms with Crippen LogP contribution in [0.4, 0.5) is 5.00 Å². The van der Waals surface area contributed by atoms with E-state index < -0.39 is 23.8 Å². The Morgan fingerprint density at radius 1 is 0.917 bits per heavy atom. The van der Waals surface area contributed by atoms with Gasteiger partial charge in [-0.25, -0.2) is 14.4 Å². The second kappa shape index (κ2) is 12.0. The molecule has 0 fully saturated rings. The fourth-order valence-corrected chi connectivity index (χ4v) is 4.23. The maximum absolute atomic E-state index is 12.8. The van der Waals surface area contributed by atoms with Gasteiger partial charge in [0.1, 0.15) is 28.0 Å². The van der Waals surface area contributed by atoms with Crippen molar-refractivity contribution in [2.24, 2.45) is 0 Å². The highest BCUT2D eigenvalue weighted by Crippen LogP contribution is 2.34. The first-order valence-electron chi connectivity index (χ1n) is 11.0. The van der Waals surface area contributed by atoms with Crippen molar-refractivity contribution in [1.29, 1.82) is 0 Å². The Bertz CT molecular complexity index is 1260. The highest BCUT2D eigenvalue weighted by Gasteiger charge is 2.28. The lowest BCUT2D eigenvalue weighted by atomic mass is 10.1. The van der Waals surface area contributed by atoms with Crippen LogP contribution in [0.25, 0.3) is 0 Å². The predicted octanol–water partition coefficient (Wildman–Crippen LogP) is 4.62. The third kappa shape index (κ3) is 6.11. The summed E-state index contributed by atoms with van der Waals surface area (Å²) in [4.78, 5) is 49.3.